The van der Waals surface area contributed by atoms with Gasteiger partial charge in [-0.15, -0.1) is 0 Å². The number of ether oxygens (including phenoxy) is 1. The minimum atomic E-state index is -4.64. The van der Waals surface area contributed by atoms with Crippen LogP contribution < -0.4 is 10.1 Å². The lowest BCUT2D eigenvalue weighted by Gasteiger charge is -2.12. The zero-order valence-corrected chi connectivity index (χ0v) is 14.0. The van der Waals surface area contributed by atoms with Gasteiger partial charge in [0.05, 0.1) is 10.5 Å². The molecule has 8 heteroatoms. The van der Waals surface area contributed by atoms with Crippen LogP contribution in [-0.4, -0.2) is 18.1 Å². The summed E-state index contributed by atoms with van der Waals surface area (Å²) in [7, 11) is 0. The molecule has 3 aromatic rings. The molecule has 0 aliphatic carbocycles. The molecule has 0 saturated carbocycles. The molecule has 3 rings (SSSR count). The zero-order chi connectivity index (χ0) is 19.4. The normalized spacial score (nSPS) is 11.4. The molecule has 0 radical (unpaired) electrons. The third-order valence-corrected chi connectivity index (χ3v) is 3.95. The van der Waals surface area contributed by atoms with E-state index in [1.165, 1.54) is 0 Å². The minimum Gasteiger partial charge on any atom is -0.491 e. The average Bonchev–Trinajstić information content (AvgIpc) is 2.64. The first-order valence-corrected chi connectivity index (χ1v) is 8.06. The molecule has 0 bridgehead atoms. The molecule has 0 fully saturated rings. The largest absolute Gasteiger partial charge is 0.491 e. The Labute approximate surface area is 152 Å². The van der Waals surface area contributed by atoms with Crippen molar-refractivity contribution in [2.24, 2.45) is 0 Å². The fourth-order valence-corrected chi connectivity index (χ4v) is 2.68. The van der Waals surface area contributed by atoms with Gasteiger partial charge in [0, 0.05) is 18.0 Å². The Morgan fingerprint density at radius 1 is 1.04 bits per heavy atom. The van der Waals surface area contributed by atoms with Crippen molar-refractivity contribution < 1.29 is 22.8 Å². The van der Waals surface area contributed by atoms with Gasteiger partial charge in [0.25, 0.3) is 5.69 Å². The summed E-state index contributed by atoms with van der Waals surface area (Å²) in [6, 6.07) is 15.7. The maximum atomic E-state index is 12.7. The number of hydrogen-bond acceptors (Lipinski definition) is 4. The van der Waals surface area contributed by atoms with Gasteiger partial charge in [0.2, 0.25) is 0 Å². The fourth-order valence-electron chi connectivity index (χ4n) is 2.68. The summed E-state index contributed by atoms with van der Waals surface area (Å²) in [6.45, 7) is 0.377. The predicted molar refractivity (Wildman–Crippen MR) is 96.0 cm³/mol. The molecule has 0 aromatic heterocycles. The highest BCUT2D eigenvalue weighted by molar-refractivity contribution is 5.88. The van der Waals surface area contributed by atoms with Gasteiger partial charge in [0.1, 0.15) is 18.0 Å². The number of nitro groups is 1. The van der Waals surface area contributed by atoms with Crippen LogP contribution in [0.15, 0.2) is 60.7 Å². The number of anilines is 1. The van der Waals surface area contributed by atoms with E-state index in [0.29, 0.717) is 11.8 Å². The Bertz CT molecular complexity index is 969. The zero-order valence-electron chi connectivity index (χ0n) is 14.0. The van der Waals surface area contributed by atoms with E-state index in [9.17, 15) is 23.3 Å². The molecule has 0 unspecified atom stereocenters. The van der Waals surface area contributed by atoms with Crippen molar-refractivity contribution in [1.82, 2.24) is 0 Å². The summed E-state index contributed by atoms with van der Waals surface area (Å²) in [5, 5.41) is 15.8. The number of rotatable bonds is 6. The second-order valence-electron chi connectivity index (χ2n) is 5.74. The van der Waals surface area contributed by atoms with E-state index in [1.54, 1.807) is 0 Å². The number of benzene rings is 3. The molecule has 0 aliphatic heterocycles. The minimum absolute atomic E-state index is 0.00881. The molecule has 0 atom stereocenters. The molecular formula is C19H15F3N2O3. The first-order chi connectivity index (χ1) is 12.9. The lowest BCUT2D eigenvalue weighted by molar-refractivity contribution is -0.384. The quantitative estimate of drug-likeness (QED) is 0.362. The molecule has 140 valence electrons. The topological polar surface area (TPSA) is 64.4 Å². The Balaban J connectivity index is 1.67. The van der Waals surface area contributed by atoms with Crippen molar-refractivity contribution in [3.63, 3.8) is 0 Å². The van der Waals surface area contributed by atoms with Gasteiger partial charge in [-0.2, -0.15) is 13.2 Å². The molecule has 5 nitrogen and oxygen atoms in total. The predicted octanol–water partition coefficient (Wildman–Crippen LogP) is 5.26. The van der Waals surface area contributed by atoms with Crippen molar-refractivity contribution in [2.45, 2.75) is 6.18 Å². The Hall–Kier alpha value is -3.29. The van der Waals surface area contributed by atoms with Gasteiger partial charge >= 0.3 is 6.18 Å². The highest BCUT2D eigenvalue weighted by atomic mass is 19.4. The van der Waals surface area contributed by atoms with Crippen LogP contribution in [0.4, 0.5) is 24.5 Å². The number of nitro benzene ring substituents is 1. The fraction of sp³-hybridized carbons (Fsp3) is 0.158. The highest BCUT2D eigenvalue weighted by Crippen LogP contribution is 2.35. The number of hydrogen-bond donors (Lipinski definition) is 1. The maximum Gasteiger partial charge on any atom is 0.416 e. The van der Waals surface area contributed by atoms with Crippen LogP contribution in [0.3, 0.4) is 0 Å². The van der Waals surface area contributed by atoms with Gasteiger partial charge in [0.15, 0.2) is 0 Å². The van der Waals surface area contributed by atoms with Crippen molar-refractivity contribution >= 4 is 22.1 Å². The number of alkyl halides is 3. The number of halogens is 3. The molecule has 1 N–H and O–H groups in total. The van der Waals surface area contributed by atoms with E-state index in [0.717, 1.165) is 22.9 Å². The summed E-state index contributed by atoms with van der Waals surface area (Å²) < 4.78 is 43.9. The van der Waals surface area contributed by atoms with E-state index in [-0.39, 0.29) is 18.8 Å². The molecule has 0 aliphatic rings. The van der Waals surface area contributed by atoms with E-state index in [4.69, 9.17) is 4.74 Å². The summed E-state index contributed by atoms with van der Waals surface area (Å²) in [5.74, 6) is 0.664. The van der Waals surface area contributed by atoms with Crippen LogP contribution in [0.1, 0.15) is 5.56 Å². The summed E-state index contributed by atoms with van der Waals surface area (Å²) in [6.07, 6.45) is -4.64. The smallest absolute Gasteiger partial charge is 0.416 e. The Kier molecular flexibility index (Phi) is 5.16. The first kappa shape index (κ1) is 18.5. The van der Waals surface area contributed by atoms with Crippen LogP contribution in [0, 0.1) is 10.1 Å². The number of nitrogens with zero attached hydrogens (tertiary/aromatic N) is 1. The Morgan fingerprint density at radius 2 is 1.78 bits per heavy atom. The van der Waals surface area contributed by atoms with Crippen molar-refractivity contribution in [2.75, 3.05) is 18.5 Å². The van der Waals surface area contributed by atoms with Gasteiger partial charge in [-0.05, 0) is 23.6 Å². The molecular weight excluding hydrogens is 361 g/mol. The van der Waals surface area contributed by atoms with Crippen LogP contribution in [-0.2, 0) is 6.18 Å². The molecule has 0 amide bonds. The van der Waals surface area contributed by atoms with Gasteiger partial charge in [-0.25, -0.2) is 0 Å². The van der Waals surface area contributed by atoms with Gasteiger partial charge in [-0.1, -0.05) is 36.4 Å². The molecule has 0 saturated heterocycles. The third kappa shape index (κ3) is 4.28. The highest BCUT2D eigenvalue weighted by Gasteiger charge is 2.32. The SMILES string of the molecule is O=[N+]([O-])c1cc(C(F)(F)F)ccc1NCCOc1cccc2ccccc12. The van der Waals surface area contributed by atoms with E-state index < -0.39 is 22.4 Å². The molecule has 0 spiro atoms. The lowest BCUT2D eigenvalue weighted by Crippen LogP contribution is -2.13. The van der Waals surface area contributed by atoms with Crippen molar-refractivity contribution in [3.8, 4) is 5.75 Å². The third-order valence-electron chi connectivity index (χ3n) is 3.95. The number of nitrogens with one attached hydrogen (secondary N) is 1. The van der Waals surface area contributed by atoms with Gasteiger partial charge in [-0.3, -0.25) is 10.1 Å². The van der Waals surface area contributed by atoms with E-state index >= 15 is 0 Å². The molecule has 27 heavy (non-hydrogen) atoms. The summed E-state index contributed by atoms with van der Waals surface area (Å²) >= 11 is 0. The van der Waals surface area contributed by atoms with Crippen molar-refractivity contribution in [3.05, 3.63) is 76.3 Å². The molecule has 0 heterocycles. The van der Waals surface area contributed by atoms with Crippen LogP contribution in [0.25, 0.3) is 10.8 Å². The van der Waals surface area contributed by atoms with Crippen LogP contribution in [0.5, 0.6) is 5.75 Å². The molecule has 3 aromatic carbocycles. The average molecular weight is 376 g/mol. The summed E-state index contributed by atoms with van der Waals surface area (Å²) in [5.41, 5.74) is -1.68. The first-order valence-electron chi connectivity index (χ1n) is 8.06. The van der Waals surface area contributed by atoms with Crippen LogP contribution >= 0.6 is 0 Å². The standard InChI is InChI=1S/C19H15F3N2O3/c20-19(21,22)14-8-9-16(17(12-14)24(25)26)23-10-11-27-18-7-3-5-13-4-1-2-6-15(13)18/h1-9,12,23H,10-11H2. The van der Waals surface area contributed by atoms with E-state index in [2.05, 4.69) is 5.32 Å². The second-order valence-corrected chi connectivity index (χ2v) is 5.74. The monoisotopic (exact) mass is 376 g/mol. The lowest BCUT2D eigenvalue weighted by atomic mass is 10.1. The second kappa shape index (κ2) is 7.53. The van der Waals surface area contributed by atoms with E-state index in [1.807, 2.05) is 42.5 Å². The van der Waals surface area contributed by atoms with Crippen LogP contribution in [0.2, 0.25) is 0 Å². The maximum absolute atomic E-state index is 12.7. The Morgan fingerprint density at radius 3 is 2.52 bits per heavy atom. The summed E-state index contributed by atoms with van der Waals surface area (Å²) in [4.78, 5) is 10.2. The number of fused-ring (bicyclic) bond motifs is 1. The van der Waals surface area contributed by atoms with Crippen molar-refractivity contribution in [1.29, 1.82) is 0 Å². The van der Waals surface area contributed by atoms with Gasteiger partial charge < -0.3 is 10.1 Å².